The van der Waals surface area contributed by atoms with E-state index in [1.165, 1.54) is 23.6 Å². The summed E-state index contributed by atoms with van der Waals surface area (Å²) in [5.41, 5.74) is 0.0648. The number of hydrogen-bond acceptors (Lipinski definition) is 5. The summed E-state index contributed by atoms with van der Waals surface area (Å²) in [5.74, 6) is -1.51. The molecule has 0 N–H and O–H groups in total. The summed E-state index contributed by atoms with van der Waals surface area (Å²) in [4.78, 5) is 39.2. The van der Waals surface area contributed by atoms with E-state index in [1.807, 2.05) is 6.92 Å². The number of rotatable bonds is 8. The molecular formula is C21H28F2N2O4S. The fourth-order valence-corrected chi connectivity index (χ4v) is 4.43. The molecule has 1 heterocycles. The molecule has 6 nitrogen and oxygen atoms in total. The van der Waals surface area contributed by atoms with Crippen LogP contribution in [0.3, 0.4) is 0 Å². The molecule has 1 aromatic carbocycles. The number of likely N-dealkylation sites (tertiary alicyclic amines) is 1. The third kappa shape index (κ3) is 6.97. The summed E-state index contributed by atoms with van der Waals surface area (Å²) in [6.45, 7) is 5.46. The number of nitrogens with zero attached hydrogens (tertiary/aromatic N) is 2. The van der Waals surface area contributed by atoms with E-state index in [0.717, 1.165) is 42.8 Å². The Balaban J connectivity index is 2.15. The Kier molecular flexibility index (Phi) is 9.08. The van der Waals surface area contributed by atoms with Crippen LogP contribution >= 0.6 is 11.8 Å². The molecule has 0 unspecified atom stereocenters. The molecule has 1 aliphatic rings. The van der Waals surface area contributed by atoms with Crippen molar-refractivity contribution in [2.75, 3.05) is 19.7 Å². The van der Waals surface area contributed by atoms with Crippen molar-refractivity contribution in [2.24, 2.45) is 0 Å². The van der Waals surface area contributed by atoms with Gasteiger partial charge in [0.25, 0.3) is 0 Å². The molecule has 0 aliphatic carbocycles. The van der Waals surface area contributed by atoms with Crippen LogP contribution in [0.2, 0.25) is 0 Å². The van der Waals surface area contributed by atoms with E-state index in [1.54, 1.807) is 0 Å². The molecule has 166 valence electrons. The first kappa shape index (κ1) is 24.1. The van der Waals surface area contributed by atoms with Gasteiger partial charge in [-0.15, -0.1) is 0 Å². The van der Waals surface area contributed by atoms with Crippen LogP contribution in [0, 0.1) is 11.6 Å². The minimum absolute atomic E-state index is 0.0507. The molecule has 1 aliphatic heterocycles. The monoisotopic (exact) mass is 442 g/mol. The van der Waals surface area contributed by atoms with Gasteiger partial charge in [-0.05, 0) is 31.0 Å². The quantitative estimate of drug-likeness (QED) is 0.570. The fourth-order valence-electron chi connectivity index (χ4n) is 3.41. The van der Waals surface area contributed by atoms with Gasteiger partial charge < -0.3 is 14.5 Å². The molecule has 1 fully saturated rings. The number of halogens is 2. The summed E-state index contributed by atoms with van der Waals surface area (Å²) < 4.78 is 32.9. The lowest BCUT2D eigenvalue weighted by atomic mass is 10.1. The third-order valence-electron chi connectivity index (χ3n) is 4.91. The Bertz CT molecular complexity index is 777. The molecule has 1 aromatic rings. The second kappa shape index (κ2) is 11.3. The third-order valence-corrected chi connectivity index (χ3v) is 5.92. The van der Waals surface area contributed by atoms with Gasteiger partial charge in [-0.2, -0.15) is 0 Å². The molecule has 30 heavy (non-hydrogen) atoms. The molecule has 0 radical (unpaired) electrons. The van der Waals surface area contributed by atoms with Crippen molar-refractivity contribution < 1.29 is 27.9 Å². The van der Waals surface area contributed by atoms with Crippen LogP contribution in [0.15, 0.2) is 18.2 Å². The number of carbonyl (C=O) groups excluding carboxylic acids is 3. The summed E-state index contributed by atoms with van der Waals surface area (Å²) in [5, 5.41) is -0.156. The zero-order valence-corrected chi connectivity index (χ0v) is 18.3. The summed E-state index contributed by atoms with van der Waals surface area (Å²) in [6.07, 6.45) is 1.65. The number of thioether (sulfide) groups is 1. The highest BCUT2D eigenvalue weighted by Gasteiger charge is 2.38. The largest absolute Gasteiger partial charge is 0.449 e. The van der Waals surface area contributed by atoms with Gasteiger partial charge >= 0.3 is 6.09 Å². The van der Waals surface area contributed by atoms with Gasteiger partial charge in [0.2, 0.25) is 5.91 Å². The van der Waals surface area contributed by atoms with Crippen LogP contribution in [0.25, 0.3) is 0 Å². The van der Waals surface area contributed by atoms with Crippen LogP contribution in [0.5, 0.6) is 0 Å². The first-order chi connectivity index (χ1) is 14.2. The van der Waals surface area contributed by atoms with E-state index in [-0.39, 0.29) is 41.0 Å². The highest BCUT2D eigenvalue weighted by molar-refractivity contribution is 8.14. The highest BCUT2D eigenvalue weighted by atomic mass is 32.2. The normalized spacial score (nSPS) is 18.4. The molecule has 0 saturated carbocycles. The SMILES string of the molecule is CCCCOC(=O)N1C[C@H](SC(C)=O)C[C@H]1CN(Cc1cc(F)ccc1F)C(C)=O. The number of carbonyl (C=O) groups is 3. The molecule has 0 bridgehead atoms. The molecule has 0 aromatic heterocycles. The topological polar surface area (TPSA) is 66.9 Å². The smallest absolute Gasteiger partial charge is 0.410 e. The Morgan fingerprint density at radius 3 is 2.63 bits per heavy atom. The summed E-state index contributed by atoms with van der Waals surface area (Å²) in [6, 6.07) is 2.73. The highest BCUT2D eigenvalue weighted by Crippen LogP contribution is 2.29. The maximum Gasteiger partial charge on any atom is 0.410 e. The minimum atomic E-state index is -0.602. The number of ether oxygens (including phenoxy) is 1. The van der Waals surface area contributed by atoms with E-state index in [0.29, 0.717) is 19.6 Å². The standard InChI is InChI=1S/C21H28F2N2O4S/c1-4-5-8-29-21(28)25-13-19(30-15(3)27)10-18(25)12-24(14(2)26)11-16-9-17(22)6-7-20(16)23/h6-7,9,18-19H,4-5,8,10-13H2,1-3H3/t18-,19+/m0/s1. The zero-order chi connectivity index (χ0) is 22.3. The number of amides is 2. The average molecular weight is 443 g/mol. The van der Waals surface area contributed by atoms with Crippen molar-refractivity contribution in [3.8, 4) is 0 Å². The Morgan fingerprint density at radius 2 is 2.00 bits per heavy atom. The number of hydrogen-bond donors (Lipinski definition) is 0. The number of unbranched alkanes of at least 4 members (excludes halogenated alkanes) is 1. The van der Waals surface area contributed by atoms with E-state index >= 15 is 0 Å². The predicted octanol–water partition coefficient (Wildman–Crippen LogP) is 3.97. The predicted molar refractivity (Wildman–Crippen MR) is 111 cm³/mol. The maximum atomic E-state index is 14.1. The first-order valence-electron chi connectivity index (χ1n) is 10.0. The second-order valence-electron chi connectivity index (χ2n) is 7.38. The van der Waals surface area contributed by atoms with Gasteiger partial charge in [0.05, 0.1) is 12.6 Å². The van der Waals surface area contributed by atoms with Crippen molar-refractivity contribution in [1.29, 1.82) is 0 Å². The molecule has 9 heteroatoms. The molecule has 2 atom stereocenters. The van der Waals surface area contributed by atoms with Gasteiger partial charge in [-0.3, -0.25) is 9.59 Å². The van der Waals surface area contributed by atoms with Crippen LogP contribution in [0.4, 0.5) is 13.6 Å². The molecule has 0 spiro atoms. The van der Waals surface area contributed by atoms with Crippen LogP contribution in [-0.2, 0) is 20.9 Å². The summed E-state index contributed by atoms with van der Waals surface area (Å²) >= 11 is 1.16. The minimum Gasteiger partial charge on any atom is -0.449 e. The molecule has 2 rings (SSSR count). The average Bonchev–Trinajstić information content (AvgIpc) is 3.05. The maximum absolute atomic E-state index is 14.1. The van der Waals surface area contributed by atoms with Crippen LogP contribution in [0.1, 0.15) is 45.6 Å². The molecule has 1 saturated heterocycles. The lowest BCUT2D eigenvalue weighted by Gasteiger charge is -2.30. The summed E-state index contributed by atoms with van der Waals surface area (Å²) in [7, 11) is 0. The Morgan fingerprint density at radius 1 is 1.27 bits per heavy atom. The van der Waals surface area contributed by atoms with Crippen LogP contribution < -0.4 is 0 Å². The van der Waals surface area contributed by atoms with Crippen molar-refractivity contribution in [1.82, 2.24) is 9.80 Å². The lowest BCUT2D eigenvalue weighted by molar-refractivity contribution is -0.130. The van der Waals surface area contributed by atoms with Crippen molar-refractivity contribution in [2.45, 2.75) is 57.9 Å². The molecular weight excluding hydrogens is 414 g/mol. The van der Waals surface area contributed by atoms with Gasteiger partial charge in [-0.1, -0.05) is 25.1 Å². The molecule has 2 amide bonds. The second-order valence-corrected chi connectivity index (χ2v) is 8.85. The zero-order valence-electron chi connectivity index (χ0n) is 17.5. The fraction of sp³-hybridized carbons (Fsp3) is 0.571. The van der Waals surface area contributed by atoms with Gasteiger partial charge in [-0.25, -0.2) is 13.6 Å². The van der Waals surface area contributed by atoms with Crippen molar-refractivity contribution in [3.05, 3.63) is 35.4 Å². The van der Waals surface area contributed by atoms with E-state index in [4.69, 9.17) is 4.74 Å². The van der Waals surface area contributed by atoms with Crippen molar-refractivity contribution >= 4 is 28.9 Å². The van der Waals surface area contributed by atoms with E-state index in [9.17, 15) is 23.2 Å². The Hall–Kier alpha value is -2.16. The van der Waals surface area contributed by atoms with E-state index in [2.05, 4.69) is 0 Å². The van der Waals surface area contributed by atoms with Crippen molar-refractivity contribution in [3.63, 3.8) is 0 Å². The van der Waals surface area contributed by atoms with E-state index < -0.39 is 17.7 Å². The Labute approximate surface area is 179 Å². The lowest BCUT2D eigenvalue weighted by Crippen LogP contribution is -2.44. The van der Waals surface area contributed by atoms with Gasteiger partial charge in [0.1, 0.15) is 11.6 Å². The van der Waals surface area contributed by atoms with Gasteiger partial charge in [0.15, 0.2) is 5.12 Å². The van der Waals surface area contributed by atoms with Gasteiger partial charge in [0, 0.05) is 44.3 Å². The van der Waals surface area contributed by atoms with Crippen LogP contribution in [-0.4, -0.2) is 57.9 Å². The number of benzene rings is 1. The first-order valence-corrected chi connectivity index (χ1v) is 10.9.